The van der Waals surface area contributed by atoms with Crippen molar-refractivity contribution in [1.29, 1.82) is 0 Å². The van der Waals surface area contributed by atoms with Crippen LogP contribution in [-0.2, 0) is 11.3 Å². The number of amides is 1. The monoisotopic (exact) mass is 376 g/mol. The lowest BCUT2D eigenvalue weighted by molar-refractivity contribution is -0.118. The number of nitrogen functional groups attached to an aromatic ring is 1. The molecule has 0 spiro atoms. The van der Waals surface area contributed by atoms with Gasteiger partial charge < -0.3 is 21.1 Å². The van der Waals surface area contributed by atoms with Gasteiger partial charge in [-0.25, -0.2) is 4.98 Å². The van der Waals surface area contributed by atoms with Gasteiger partial charge in [-0.3, -0.25) is 9.78 Å². The van der Waals surface area contributed by atoms with E-state index in [1.54, 1.807) is 13.3 Å². The Hall–Kier alpha value is -2.61. The lowest BCUT2D eigenvalue weighted by Gasteiger charge is -2.21. The Kier molecular flexibility index (Phi) is 4.86. The zero-order valence-corrected chi connectivity index (χ0v) is 15.7. The Morgan fingerprint density at radius 1 is 1.42 bits per heavy atom. The third-order valence-electron chi connectivity index (χ3n) is 4.58. The van der Waals surface area contributed by atoms with Crippen molar-refractivity contribution in [2.45, 2.75) is 32.7 Å². The van der Waals surface area contributed by atoms with Crippen LogP contribution < -0.4 is 21.1 Å². The van der Waals surface area contributed by atoms with Crippen LogP contribution in [0.3, 0.4) is 0 Å². The highest BCUT2D eigenvalue weighted by atomic mass is 35.5. The van der Waals surface area contributed by atoms with Crippen molar-refractivity contribution >= 4 is 29.3 Å². The number of pyridine rings is 1. The number of methoxy groups -OCH3 is 1. The molecule has 0 radical (unpaired) electrons. The number of halogens is 1. The first-order valence-electron chi connectivity index (χ1n) is 8.17. The average Bonchev–Trinajstić information content (AvgIpc) is 2.87. The van der Waals surface area contributed by atoms with Gasteiger partial charge in [0.25, 0.3) is 0 Å². The molecule has 8 nitrogen and oxygen atoms in total. The van der Waals surface area contributed by atoms with Crippen LogP contribution >= 0.6 is 11.6 Å². The normalized spacial score (nSPS) is 15.8. The number of ether oxygens (including phenoxy) is 1. The number of aryl methyl sites for hydroxylation is 1. The van der Waals surface area contributed by atoms with Crippen molar-refractivity contribution in [3.8, 4) is 5.75 Å². The van der Waals surface area contributed by atoms with Gasteiger partial charge in [0, 0.05) is 41.8 Å². The van der Waals surface area contributed by atoms with Gasteiger partial charge in [-0.05, 0) is 13.8 Å². The van der Waals surface area contributed by atoms with Crippen LogP contribution in [0.5, 0.6) is 5.75 Å². The third kappa shape index (κ3) is 3.24. The number of fused-ring (bicyclic) bond motifs is 1. The molecule has 138 valence electrons. The summed E-state index contributed by atoms with van der Waals surface area (Å²) in [4.78, 5) is 26.3. The van der Waals surface area contributed by atoms with E-state index in [1.165, 1.54) is 0 Å². The SMILES string of the molecule is COc1c(C)cnc(CN2CC(CC(N)=O)c3c(Cl)nc(N)nc32)c1C. The molecule has 2 aromatic rings. The Morgan fingerprint density at radius 2 is 2.15 bits per heavy atom. The van der Waals surface area contributed by atoms with E-state index in [1.807, 2.05) is 18.7 Å². The van der Waals surface area contributed by atoms with E-state index in [0.29, 0.717) is 24.5 Å². The number of carbonyl (C=O) groups excluding carboxylic acids is 1. The second-order valence-corrected chi connectivity index (χ2v) is 6.76. The summed E-state index contributed by atoms with van der Waals surface area (Å²) in [5.74, 6) is 0.938. The molecule has 0 bridgehead atoms. The number of hydrogen-bond donors (Lipinski definition) is 2. The summed E-state index contributed by atoms with van der Waals surface area (Å²) in [6.07, 6.45) is 1.94. The number of rotatable bonds is 5. The Morgan fingerprint density at radius 3 is 2.81 bits per heavy atom. The van der Waals surface area contributed by atoms with E-state index >= 15 is 0 Å². The Balaban J connectivity index is 1.99. The van der Waals surface area contributed by atoms with Crippen molar-refractivity contribution in [3.05, 3.63) is 33.7 Å². The lowest BCUT2D eigenvalue weighted by atomic mass is 10.0. The van der Waals surface area contributed by atoms with Gasteiger partial charge in [0.15, 0.2) is 0 Å². The number of nitrogens with two attached hydrogens (primary N) is 2. The maximum atomic E-state index is 11.4. The summed E-state index contributed by atoms with van der Waals surface area (Å²) in [5.41, 5.74) is 14.6. The molecule has 1 aliphatic rings. The van der Waals surface area contributed by atoms with Crippen LogP contribution in [0.15, 0.2) is 6.20 Å². The molecule has 9 heteroatoms. The van der Waals surface area contributed by atoms with Crippen molar-refractivity contribution < 1.29 is 9.53 Å². The number of aromatic nitrogens is 3. The fraction of sp³-hybridized carbons (Fsp3) is 0.412. The molecule has 0 fully saturated rings. The number of anilines is 2. The molecule has 0 aliphatic carbocycles. The van der Waals surface area contributed by atoms with E-state index in [4.69, 9.17) is 27.8 Å². The summed E-state index contributed by atoms with van der Waals surface area (Å²) in [6.45, 7) is 4.93. The number of carbonyl (C=O) groups is 1. The zero-order chi connectivity index (χ0) is 19.0. The molecular formula is C17H21ClN6O2. The largest absolute Gasteiger partial charge is 0.496 e. The van der Waals surface area contributed by atoms with Gasteiger partial charge in [0.05, 0.1) is 19.3 Å². The minimum Gasteiger partial charge on any atom is -0.496 e. The van der Waals surface area contributed by atoms with Crippen molar-refractivity contribution in [2.75, 3.05) is 24.3 Å². The van der Waals surface area contributed by atoms with Gasteiger partial charge >= 0.3 is 0 Å². The number of nitrogens with zero attached hydrogens (tertiary/aromatic N) is 4. The van der Waals surface area contributed by atoms with Crippen molar-refractivity contribution in [1.82, 2.24) is 15.0 Å². The molecule has 0 saturated carbocycles. The molecule has 1 amide bonds. The molecule has 3 rings (SSSR count). The highest BCUT2D eigenvalue weighted by Gasteiger charge is 2.35. The minimum atomic E-state index is -0.401. The fourth-order valence-electron chi connectivity index (χ4n) is 3.44. The maximum absolute atomic E-state index is 11.4. The third-order valence-corrected chi connectivity index (χ3v) is 4.87. The molecule has 0 saturated heterocycles. The molecule has 26 heavy (non-hydrogen) atoms. The summed E-state index contributed by atoms with van der Waals surface area (Å²) in [7, 11) is 1.64. The summed E-state index contributed by atoms with van der Waals surface area (Å²) in [5, 5.41) is 0.257. The van der Waals surface area contributed by atoms with Gasteiger partial charge in [0.2, 0.25) is 11.9 Å². The van der Waals surface area contributed by atoms with Crippen molar-refractivity contribution in [3.63, 3.8) is 0 Å². The lowest BCUT2D eigenvalue weighted by Crippen LogP contribution is -2.25. The van der Waals surface area contributed by atoms with Gasteiger partial charge in [-0.15, -0.1) is 0 Å². The van der Waals surface area contributed by atoms with Crippen LogP contribution in [0.25, 0.3) is 0 Å². The topological polar surface area (TPSA) is 120 Å². The molecule has 0 aromatic carbocycles. The molecular weight excluding hydrogens is 356 g/mol. The van der Waals surface area contributed by atoms with Crippen LogP contribution in [-0.4, -0.2) is 34.5 Å². The highest BCUT2D eigenvalue weighted by molar-refractivity contribution is 6.30. The highest BCUT2D eigenvalue weighted by Crippen LogP contribution is 2.41. The fourth-order valence-corrected chi connectivity index (χ4v) is 3.77. The minimum absolute atomic E-state index is 0.0876. The van der Waals surface area contributed by atoms with E-state index in [-0.39, 0.29) is 23.4 Å². The van der Waals surface area contributed by atoms with Gasteiger partial charge in [-0.1, -0.05) is 11.6 Å². The van der Waals surface area contributed by atoms with E-state index < -0.39 is 5.91 Å². The second-order valence-electron chi connectivity index (χ2n) is 6.40. The molecule has 4 N–H and O–H groups in total. The van der Waals surface area contributed by atoms with Crippen molar-refractivity contribution in [2.24, 2.45) is 5.73 Å². The molecule has 3 heterocycles. The van der Waals surface area contributed by atoms with Crippen LogP contribution in [0.1, 0.15) is 34.7 Å². The maximum Gasteiger partial charge on any atom is 0.223 e. The quantitative estimate of drug-likeness (QED) is 0.762. The summed E-state index contributed by atoms with van der Waals surface area (Å²) < 4.78 is 5.48. The molecule has 1 atom stereocenters. The van der Waals surface area contributed by atoms with Gasteiger partial charge in [-0.2, -0.15) is 4.98 Å². The molecule has 1 aliphatic heterocycles. The first kappa shape index (κ1) is 18.2. The number of primary amides is 1. The average molecular weight is 377 g/mol. The predicted molar refractivity (Wildman–Crippen MR) is 99.3 cm³/mol. The second kappa shape index (κ2) is 6.95. The van der Waals surface area contributed by atoms with Crippen LogP contribution in [0.4, 0.5) is 11.8 Å². The molecule has 1 unspecified atom stereocenters. The Bertz CT molecular complexity index is 873. The first-order valence-corrected chi connectivity index (χ1v) is 8.54. The summed E-state index contributed by atoms with van der Waals surface area (Å²) in [6, 6.07) is 0. The van der Waals surface area contributed by atoms with E-state index in [9.17, 15) is 4.79 Å². The standard InChI is InChI=1S/C17H21ClN6O2/c1-8-5-21-11(9(2)14(8)26-3)7-24-6-10(4-12(19)25)13-15(18)22-17(20)23-16(13)24/h5,10H,4,6-7H2,1-3H3,(H2,19,25)(H2,20,22,23). The number of hydrogen-bond acceptors (Lipinski definition) is 7. The van der Waals surface area contributed by atoms with Crippen LogP contribution in [0, 0.1) is 13.8 Å². The van der Waals surface area contributed by atoms with Crippen LogP contribution in [0.2, 0.25) is 5.15 Å². The van der Waals surface area contributed by atoms with E-state index in [0.717, 1.165) is 22.6 Å². The van der Waals surface area contributed by atoms with Gasteiger partial charge in [0.1, 0.15) is 16.7 Å². The first-order chi connectivity index (χ1) is 12.3. The predicted octanol–water partition coefficient (Wildman–Crippen LogP) is 1.71. The Labute approximate surface area is 156 Å². The summed E-state index contributed by atoms with van der Waals surface area (Å²) >= 11 is 6.28. The smallest absolute Gasteiger partial charge is 0.223 e. The zero-order valence-electron chi connectivity index (χ0n) is 14.9. The van der Waals surface area contributed by atoms with E-state index in [2.05, 4.69) is 15.0 Å². The molecule has 2 aromatic heterocycles.